The molecule has 3 aliphatic carbocycles. The van der Waals surface area contributed by atoms with Crippen LogP contribution in [0.5, 0.6) is 0 Å². The fourth-order valence-electron chi connectivity index (χ4n) is 3.25. The number of allylic oxidation sites excluding steroid dienone is 2. The molecular weight excluding hydrogens is 292 g/mol. The molecule has 0 N–H and O–H groups in total. The van der Waals surface area contributed by atoms with Gasteiger partial charge in [-0.2, -0.15) is 0 Å². The van der Waals surface area contributed by atoms with Crippen LogP contribution >= 0.6 is 0 Å². The van der Waals surface area contributed by atoms with Gasteiger partial charge < -0.3 is 0 Å². The molecule has 0 amide bonds. The van der Waals surface area contributed by atoms with Gasteiger partial charge >= 0.3 is 0 Å². The van der Waals surface area contributed by atoms with Crippen LogP contribution in [0.4, 0.5) is 17.6 Å². The van der Waals surface area contributed by atoms with Crippen molar-refractivity contribution in [3.63, 3.8) is 0 Å². The molecule has 2 bridgehead atoms. The van der Waals surface area contributed by atoms with E-state index in [1.54, 1.807) is 6.92 Å². The maximum absolute atomic E-state index is 14.4. The minimum atomic E-state index is -1.18. The van der Waals surface area contributed by atoms with Crippen LogP contribution in [0, 0.1) is 41.2 Å². The molecule has 0 saturated heterocycles. The molecule has 0 nitrogen and oxygen atoms in total. The molecule has 116 valence electrons. The molecule has 1 saturated carbocycles. The Morgan fingerprint density at radius 3 is 2.18 bits per heavy atom. The van der Waals surface area contributed by atoms with E-state index in [0.29, 0.717) is 25.7 Å². The van der Waals surface area contributed by atoms with Gasteiger partial charge in [-0.25, -0.2) is 17.6 Å². The van der Waals surface area contributed by atoms with E-state index in [0.717, 1.165) is 0 Å². The highest BCUT2D eigenvalue weighted by atomic mass is 19.2. The number of hydrogen-bond acceptors (Lipinski definition) is 0. The van der Waals surface area contributed by atoms with Gasteiger partial charge in [-0.15, -0.1) is 0 Å². The standard InChI is InChI=1S/C18H16F4/c1-11-3-4-12(14(20)13(11)19)5-6-18-9-7-17(2,8-10-18)15(21)16(18)22/h3-4H,7-10H2,1-2H3. The first-order valence-electron chi connectivity index (χ1n) is 7.33. The number of benzene rings is 1. The average molecular weight is 308 g/mol. The molecule has 22 heavy (non-hydrogen) atoms. The van der Waals surface area contributed by atoms with Crippen molar-refractivity contribution >= 4 is 0 Å². The van der Waals surface area contributed by atoms with Gasteiger partial charge in [0, 0.05) is 5.41 Å². The first-order valence-corrected chi connectivity index (χ1v) is 7.33. The topological polar surface area (TPSA) is 0 Å². The third kappa shape index (κ3) is 2.06. The van der Waals surface area contributed by atoms with E-state index in [1.165, 1.54) is 19.1 Å². The first kappa shape index (κ1) is 15.1. The zero-order chi connectivity index (χ0) is 16.1. The van der Waals surface area contributed by atoms with Gasteiger partial charge in [0.15, 0.2) is 11.6 Å². The number of halogens is 4. The minimum Gasteiger partial charge on any atom is -0.208 e. The lowest BCUT2D eigenvalue weighted by molar-refractivity contribution is 0.0927. The fourth-order valence-corrected chi connectivity index (χ4v) is 3.25. The predicted molar refractivity (Wildman–Crippen MR) is 76.2 cm³/mol. The van der Waals surface area contributed by atoms with Gasteiger partial charge in [0.05, 0.1) is 11.0 Å². The van der Waals surface area contributed by atoms with Crippen LogP contribution in [-0.4, -0.2) is 0 Å². The van der Waals surface area contributed by atoms with Crippen LogP contribution in [0.25, 0.3) is 0 Å². The number of rotatable bonds is 0. The van der Waals surface area contributed by atoms with E-state index >= 15 is 0 Å². The van der Waals surface area contributed by atoms with E-state index in [-0.39, 0.29) is 11.1 Å². The summed E-state index contributed by atoms with van der Waals surface area (Å²) >= 11 is 0. The molecule has 0 unspecified atom stereocenters. The lowest BCUT2D eigenvalue weighted by Crippen LogP contribution is -2.39. The Morgan fingerprint density at radius 1 is 0.909 bits per heavy atom. The summed E-state index contributed by atoms with van der Waals surface area (Å²) in [5.41, 5.74) is -1.85. The summed E-state index contributed by atoms with van der Waals surface area (Å²) in [6, 6.07) is 2.79. The fraction of sp³-hybridized carbons (Fsp3) is 0.444. The molecule has 0 heterocycles. The van der Waals surface area contributed by atoms with Crippen LogP contribution < -0.4 is 0 Å². The van der Waals surface area contributed by atoms with Gasteiger partial charge in [-0.3, -0.25) is 0 Å². The third-order valence-corrected chi connectivity index (χ3v) is 5.06. The molecule has 1 fully saturated rings. The van der Waals surface area contributed by atoms with Crippen molar-refractivity contribution < 1.29 is 17.6 Å². The quantitative estimate of drug-likeness (QED) is 0.447. The Kier molecular flexibility index (Phi) is 3.36. The normalized spacial score (nSPS) is 30.3. The Hall–Kier alpha value is -1.76. The van der Waals surface area contributed by atoms with Crippen molar-refractivity contribution in [2.45, 2.75) is 39.5 Å². The molecule has 0 spiro atoms. The molecule has 1 aromatic rings. The van der Waals surface area contributed by atoms with Crippen molar-refractivity contribution in [1.29, 1.82) is 0 Å². The van der Waals surface area contributed by atoms with Crippen LogP contribution in [-0.2, 0) is 0 Å². The third-order valence-electron chi connectivity index (χ3n) is 5.06. The van der Waals surface area contributed by atoms with Gasteiger partial charge in [0.2, 0.25) is 0 Å². The van der Waals surface area contributed by atoms with Crippen LogP contribution in [0.1, 0.15) is 43.7 Å². The molecule has 0 aliphatic heterocycles. The number of hydrogen-bond donors (Lipinski definition) is 0. The summed E-state index contributed by atoms with van der Waals surface area (Å²) in [5.74, 6) is 1.68. The SMILES string of the molecule is Cc1ccc(C#CC23CCC(C)(CC2)C(F)=C3F)c(F)c1F. The van der Waals surface area contributed by atoms with Crippen LogP contribution in [0.3, 0.4) is 0 Å². The van der Waals surface area contributed by atoms with E-state index in [1.807, 2.05) is 0 Å². The minimum absolute atomic E-state index is 0.121. The second-order valence-corrected chi connectivity index (χ2v) is 6.58. The second kappa shape index (κ2) is 4.87. The maximum atomic E-state index is 14.4. The van der Waals surface area contributed by atoms with Gasteiger partial charge in [0.25, 0.3) is 0 Å². The molecule has 0 aromatic heterocycles. The molecule has 1 aromatic carbocycles. The number of fused-ring (bicyclic) bond motifs is 2. The van der Waals surface area contributed by atoms with E-state index in [9.17, 15) is 17.6 Å². The van der Waals surface area contributed by atoms with E-state index in [2.05, 4.69) is 11.8 Å². The summed E-state index contributed by atoms with van der Waals surface area (Å²) < 4.78 is 55.9. The Balaban J connectivity index is 2.04. The summed E-state index contributed by atoms with van der Waals surface area (Å²) in [4.78, 5) is 0. The second-order valence-electron chi connectivity index (χ2n) is 6.58. The molecular formula is C18H16F4. The molecule has 0 atom stereocenters. The zero-order valence-electron chi connectivity index (χ0n) is 12.5. The molecule has 4 heteroatoms. The van der Waals surface area contributed by atoms with E-state index in [4.69, 9.17) is 0 Å². The zero-order valence-corrected chi connectivity index (χ0v) is 12.5. The molecule has 4 rings (SSSR count). The van der Waals surface area contributed by atoms with Crippen molar-refractivity contribution in [3.05, 3.63) is 46.5 Å². The summed E-state index contributed by atoms with van der Waals surface area (Å²) in [6.45, 7) is 3.17. The molecule has 3 aliphatic rings. The van der Waals surface area contributed by atoms with Crippen molar-refractivity contribution in [3.8, 4) is 11.8 Å². The van der Waals surface area contributed by atoms with Crippen molar-refractivity contribution in [1.82, 2.24) is 0 Å². The summed E-state index contributed by atoms with van der Waals surface area (Å²) in [7, 11) is 0. The largest absolute Gasteiger partial charge is 0.208 e. The Morgan fingerprint density at radius 2 is 1.55 bits per heavy atom. The summed E-state index contributed by atoms with van der Waals surface area (Å²) in [6.07, 6.45) is 1.86. The van der Waals surface area contributed by atoms with Gasteiger partial charge in [0.1, 0.15) is 11.7 Å². The lowest BCUT2D eigenvalue weighted by Gasteiger charge is -2.46. The van der Waals surface area contributed by atoms with Crippen molar-refractivity contribution in [2.24, 2.45) is 10.8 Å². The Bertz CT molecular complexity index is 725. The lowest BCUT2D eigenvalue weighted by atomic mass is 9.58. The van der Waals surface area contributed by atoms with Crippen molar-refractivity contribution in [2.75, 3.05) is 0 Å². The summed E-state index contributed by atoms with van der Waals surface area (Å²) in [5, 5.41) is 0. The highest BCUT2D eigenvalue weighted by Gasteiger charge is 2.52. The highest BCUT2D eigenvalue weighted by molar-refractivity contribution is 5.43. The Labute approximate surface area is 127 Å². The highest BCUT2D eigenvalue weighted by Crippen LogP contribution is 2.60. The molecule has 0 radical (unpaired) electrons. The van der Waals surface area contributed by atoms with Gasteiger partial charge in [-0.1, -0.05) is 24.8 Å². The maximum Gasteiger partial charge on any atom is 0.174 e. The van der Waals surface area contributed by atoms with Gasteiger partial charge in [-0.05, 0) is 44.2 Å². The average Bonchev–Trinajstić information content (AvgIpc) is 2.51. The van der Waals surface area contributed by atoms with Crippen LogP contribution in [0.2, 0.25) is 0 Å². The monoisotopic (exact) mass is 308 g/mol. The first-order chi connectivity index (χ1) is 10.3. The van der Waals surface area contributed by atoms with E-state index < -0.39 is 34.1 Å². The predicted octanol–water partition coefficient (Wildman–Crippen LogP) is 5.36. The number of aryl methyl sites for hydroxylation is 1. The van der Waals surface area contributed by atoms with Crippen LogP contribution in [0.15, 0.2) is 23.8 Å². The smallest absolute Gasteiger partial charge is 0.174 e.